The number of benzene rings is 1. The molecule has 0 aliphatic carbocycles. The SMILES string of the molecule is CS(=O)(=O)Cc1cc2ccccc2s1. The van der Waals surface area contributed by atoms with Gasteiger partial charge in [0, 0.05) is 15.8 Å². The highest BCUT2D eigenvalue weighted by molar-refractivity contribution is 7.90. The van der Waals surface area contributed by atoms with E-state index in [9.17, 15) is 8.42 Å². The van der Waals surface area contributed by atoms with Gasteiger partial charge in [-0.1, -0.05) is 18.2 Å². The quantitative estimate of drug-likeness (QED) is 0.788. The van der Waals surface area contributed by atoms with Crippen LogP contribution in [0.3, 0.4) is 0 Å². The molecule has 1 heterocycles. The van der Waals surface area contributed by atoms with Gasteiger partial charge in [0.25, 0.3) is 0 Å². The van der Waals surface area contributed by atoms with Crippen molar-refractivity contribution in [2.75, 3.05) is 6.26 Å². The second-order valence-corrected chi connectivity index (χ2v) is 6.63. The first-order chi connectivity index (χ1) is 6.54. The Bertz CT molecular complexity index is 519. The van der Waals surface area contributed by atoms with Crippen LogP contribution in [-0.4, -0.2) is 14.7 Å². The van der Waals surface area contributed by atoms with Gasteiger partial charge in [-0.3, -0.25) is 0 Å². The van der Waals surface area contributed by atoms with Gasteiger partial charge in [0.2, 0.25) is 0 Å². The van der Waals surface area contributed by atoms with Gasteiger partial charge in [0.15, 0.2) is 9.84 Å². The van der Waals surface area contributed by atoms with Crippen LogP contribution in [0.5, 0.6) is 0 Å². The summed E-state index contributed by atoms with van der Waals surface area (Å²) in [6, 6.07) is 9.87. The van der Waals surface area contributed by atoms with E-state index in [2.05, 4.69) is 0 Å². The Hall–Kier alpha value is -0.870. The highest BCUT2D eigenvalue weighted by Crippen LogP contribution is 2.26. The lowest BCUT2D eigenvalue weighted by atomic mass is 10.2. The number of thiophene rings is 1. The molecule has 74 valence electrons. The Morgan fingerprint density at radius 2 is 2.00 bits per heavy atom. The topological polar surface area (TPSA) is 34.1 Å². The van der Waals surface area contributed by atoms with E-state index in [0.29, 0.717) is 0 Å². The number of hydrogen-bond acceptors (Lipinski definition) is 3. The maximum atomic E-state index is 11.1. The number of sulfone groups is 1. The van der Waals surface area contributed by atoms with Crippen LogP contribution in [0.1, 0.15) is 4.88 Å². The lowest BCUT2D eigenvalue weighted by Gasteiger charge is -1.91. The molecule has 0 fully saturated rings. The summed E-state index contributed by atoms with van der Waals surface area (Å²) in [4.78, 5) is 0.911. The molecule has 0 spiro atoms. The second kappa shape index (κ2) is 3.37. The fourth-order valence-corrected chi connectivity index (χ4v) is 3.70. The number of fused-ring (bicyclic) bond motifs is 1. The van der Waals surface area contributed by atoms with E-state index in [1.807, 2.05) is 30.3 Å². The normalized spacial score (nSPS) is 12.1. The molecule has 4 heteroatoms. The molecule has 2 rings (SSSR count). The second-order valence-electron chi connectivity index (χ2n) is 3.32. The molecule has 0 aliphatic rings. The molecule has 0 amide bonds. The van der Waals surface area contributed by atoms with Gasteiger partial charge in [-0.2, -0.15) is 0 Å². The zero-order chi connectivity index (χ0) is 10.2. The van der Waals surface area contributed by atoms with Crippen LogP contribution in [0.15, 0.2) is 30.3 Å². The molecule has 0 aliphatic heterocycles. The molecule has 0 saturated carbocycles. The lowest BCUT2D eigenvalue weighted by Crippen LogP contribution is -1.98. The molecule has 0 saturated heterocycles. The molecule has 0 bridgehead atoms. The average Bonchev–Trinajstić information content (AvgIpc) is 2.42. The van der Waals surface area contributed by atoms with Crippen molar-refractivity contribution in [2.24, 2.45) is 0 Å². The minimum absolute atomic E-state index is 0.145. The predicted molar refractivity (Wildman–Crippen MR) is 60.4 cm³/mol. The third kappa shape index (κ3) is 2.13. The van der Waals surface area contributed by atoms with Crippen molar-refractivity contribution in [3.8, 4) is 0 Å². The standard InChI is InChI=1S/C10H10O2S2/c1-14(11,12)7-9-6-8-4-2-3-5-10(8)13-9/h2-6H,7H2,1H3. The summed E-state index contributed by atoms with van der Waals surface area (Å²) in [5.74, 6) is 0.145. The van der Waals surface area contributed by atoms with Gasteiger partial charge in [-0.15, -0.1) is 11.3 Å². The van der Waals surface area contributed by atoms with Crippen molar-refractivity contribution in [3.63, 3.8) is 0 Å². The van der Waals surface area contributed by atoms with E-state index in [1.165, 1.54) is 6.26 Å². The zero-order valence-corrected chi connectivity index (χ0v) is 9.36. The van der Waals surface area contributed by atoms with E-state index >= 15 is 0 Å². The average molecular weight is 226 g/mol. The molecule has 1 aromatic carbocycles. The minimum Gasteiger partial charge on any atom is -0.229 e. The summed E-state index contributed by atoms with van der Waals surface area (Å²) < 4.78 is 23.3. The van der Waals surface area contributed by atoms with Crippen LogP contribution in [0, 0.1) is 0 Å². The summed E-state index contributed by atoms with van der Waals surface area (Å²) in [6.07, 6.45) is 1.26. The van der Waals surface area contributed by atoms with Crippen LogP contribution >= 0.6 is 11.3 Å². The van der Waals surface area contributed by atoms with E-state index in [4.69, 9.17) is 0 Å². The third-order valence-corrected chi connectivity index (χ3v) is 4.02. The molecule has 0 atom stereocenters. The van der Waals surface area contributed by atoms with Crippen LogP contribution in [0.4, 0.5) is 0 Å². The molecular formula is C10H10O2S2. The molecule has 0 unspecified atom stereocenters. The first-order valence-corrected chi connectivity index (χ1v) is 7.07. The summed E-state index contributed by atoms with van der Waals surface area (Å²) in [5, 5.41) is 1.12. The highest BCUT2D eigenvalue weighted by Gasteiger charge is 2.07. The summed E-state index contributed by atoms with van der Waals surface area (Å²) in [6.45, 7) is 0. The van der Waals surface area contributed by atoms with E-state index < -0.39 is 9.84 Å². The van der Waals surface area contributed by atoms with Gasteiger partial charge in [-0.25, -0.2) is 8.42 Å². The predicted octanol–water partition coefficient (Wildman–Crippen LogP) is 2.45. The monoisotopic (exact) mass is 226 g/mol. The fourth-order valence-electron chi connectivity index (χ4n) is 1.37. The minimum atomic E-state index is -2.91. The zero-order valence-electron chi connectivity index (χ0n) is 7.73. The van der Waals surface area contributed by atoms with Crippen molar-refractivity contribution in [1.82, 2.24) is 0 Å². The van der Waals surface area contributed by atoms with Crippen molar-refractivity contribution in [3.05, 3.63) is 35.2 Å². The molecular weight excluding hydrogens is 216 g/mol. The van der Waals surface area contributed by atoms with E-state index in [0.717, 1.165) is 15.0 Å². The molecule has 1 aromatic heterocycles. The Morgan fingerprint density at radius 1 is 1.29 bits per heavy atom. The largest absolute Gasteiger partial charge is 0.229 e. The summed E-state index contributed by atoms with van der Waals surface area (Å²) in [5.41, 5.74) is 0. The number of hydrogen-bond donors (Lipinski definition) is 0. The Balaban J connectivity index is 2.46. The van der Waals surface area contributed by atoms with E-state index in [1.54, 1.807) is 11.3 Å². The van der Waals surface area contributed by atoms with Crippen molar-refractivity contribution >= 4 is 31.3 Å². The third-order valence-electron chi connectivity index (χ3n) is 1.88. The maximum Gasteiger partial charge on any atom is 0.152 e. The van der Waals surface area contributed by atoms with Crippen LogP contribution in [0.2, 0.25) is 0 Å². The molecule has 2 nitrogen and oxygen atoms in total. The highest BCUT2D eigenvalue weighted by atomic mass is 32.2. The summed E-state index contributed by atoms with van der Waals surface area (Å²) >= 11 is 1.54. The lowest BCUT2D eigenvalue weighted by molar-refractivity contribution is 0.601. The van der Waals surface area contributed by atoms with Crippen molar-refractivity contribution < 1.29 is 8.42 Å². The fraction of sp³-hybridized carbons (Fsp3) is 0.200. The number of rotatable bonds is 2. The van der Waals surface area contributed by atoms with Gasteiger partial charge in [0.05, 0.1) is 5.75 Å². The Morgan fingerprint density at radius 3 is 2.64 bits per heavy atom. The van der Waals surface area contributed by atoms with Gasteiger partial charge in [0.1, 0.15) is 0 Å². The molecule has 2 aromatic rings. The first-order valence-electron chi connectivity index (χ1n) is 4.20. The van der Waals surface area contributed by atoms with Gasteiger partial charge in [-0.05, 0) is 17.5 Å². The van der Waals surface area contributed by atoms with Crippen LogP contribution in [0.25, 0.3) is 10.1 Å². The molecule has 0 N–H and O–H groups in total. The van der Waals surface area contributed by atoms with Crippen LogP contribution in [-0.2, 0) is 15.6 Å². The maximum absolute atomic E-state index is 11.1. The van der Waals surface area contributed by atoms with Crippen molar-refractivity contribution in [1.29, 1.82) is 0 Å². The van der Waals surface area contributed by atoms with Gasteiger partial charge >= 0.3 is 0 Å². The Kier molecular flexibility index (Phi) is 2.33. The molecule has 0 radical (unpaired) electrons. The Labute approximate surface area is 87.1 Å². The van der Waals surface area contributed by atoms with Crippen molar-refractivity contribution in [2.45, 2.75) is 5.75 Å². The smallest absolute Gasteiger partial charge is 0.152 e. The van der Waals surface area contributed by atoms with Crippen LogP contribution < -0.4 is 0 Å². The van der Waals surface area contributed by atoms with E-state index in [-0.39, 0.29) is 5.75 Å². The first kappa shape index (κ1) is 9.68. The summed E-state index contributed by atoms with van der Waals surface area (Å²) in [7, 11) is -2.91. The van der Waals surface area contributed by atoms with Gasteiger partial charge < -0.3 is 0 Å². The molecule has 14 heavy (non-hydrogen) atoms.